The molecular weight excluding hydrogens is 190 g/mol. The van der Waals surface area contributed by atoms with Gasteiger partial charge in [-0.05, 0) is 20.3 Å². The van der Waals surface area contributed by atoms with E-state index in [1.54, 1.807) is 0 Å². The zero-order valence-corrected chi connectivity index (χ0v) is 10.8. The molecule has 0 aliphatic heterocycles. The Balaban J connectivity index is 2.80. The topological polar surface area (TPSA) is 12.9 Å². The van der Waals surface area contributed by atoms with Crippen molar-refractivity contribution in [2.24, 2.45) is 0 Å². The fourth-order valence-corrected chi connectivity index (χ4v) is 2.53. The average molecular weight is 211 g/mol. The maximum absolute atomic E-state index is 4.65. The molecule has 0 aliphatic carbocycles. The lowest BCUT2D eigenvalue weighted by Gasteiger charge is -2.21. The molecule has 80 valence electrons. The first kappa shape index (κ1) is 11.7. The van der Waals surface area contributed by atoms with Crippen molar-refractivity contribution >= 4 is 11.3 Å². The summed E-state index contributed by atoms with van der Waals surface area (Å²) in [6, 6.07) is 0. The van der Waals surface area contributed by atoms with Crippen LogP contribution in [0.1, 0.15) is 55.6 Å². The summed E-state index contributed by atoms with van der Waals surface area (Å²) in [7, 11) is 0. The third-order valence-electron chi connectivity index (χ3n) is 2.76. The quantitative estimate of drug-likeness (QED) is 0.726. The van der Waals surface area contributed by atoms with Crippen molar-refractivity contribution in [2.75, 3.05) is 0 Å². The fraction of sp³-hybridized carbons (Fsp3) is 0.750. The molecule has 0 radical (unpaired) electrons. The first-order chi connectivity index (χ1) is 6.47. The van der Waals surface area contributed by atoms with Gasteiger partial charge in [-0.1, -0.05) is 33.6 Å². The number of hydrogen-bond donors (Lipinski definition) is 0. The van der Waals surface area contributed by atoms with Gasteiger partial charge in [0.2, 0.25) is 0 Å². The SMILES string of the molecule is CCCCC(C)(C)c1nc(C)c(C)s1. The van der Waals surface area contributed by atoms with E-state index in [0.717, 1.165) is 0 Å². The van der Waals surface area contributed by atoms with Gasteiger partial charge >= 0.3 is 0 Å². The highest BCUT2D eigenvalue weighted by molar-refractivity contribution is 7.11. The molecular formula is C12H21NS. The minimum absolute atomic E-state index is 0.264. The predicted octanol–water partition coefficient (Wildman–Crippen LogP) is 4.23. The Morgan fingerprint density at radius 3 is 2.36 bits per heavy atom. The molecule has 0 saturated carbocycles. The molecule has 1 aromatic heterocycles. The van der Waals surface area contributed by atoms with Crippen molar-refractivity contribution in [3.63, 3.8) is 0 Å². The number of rotatable bonds is 4. The van der Waals surface area contributed by atoms with E-state index in [-0.39, 0.29) is 5.41 Å². The average Bonchev–Trinajstić information content (AvgIpc) is 2.45. The van der Waals surface area contributed by atoms with Crippen molar-refractivity contribution in [1.29, 1.82) is 0 Å². The van der Waals surface area contributed by atoms with Crippen molar-refractivity contribution in [3.05, 3.63) is 15.6 Å². The Labute approximate surface area is 91.6 Å². The van der Waals surface area contributed by atoms with Gasteiger partial charge in [-0.15, -0.1) is 11.3 Å². The molecule has 0 spiro atoms. The van der Waals surface area contributed by atoms with Gasteiger partial charge < -0.3 is 0 Å². The van der Waals surface area contributed by atoms with Gasteiger partial charge in [0.1, 0.15) is 0 Å². The lowest BCUT2D eigenvalue weighted by atomic mass is 9.88. The molecule has 0 fully saturated rings. The van der Waals surface area contributed by atoms with Crippen LogP contribution in [-0.4, -0.2) is 4.98 Å². The van der Waals surface area contributed by atoms with Gasteiger partial charge in [-0.3, -0.25) is 0 Å². The van der Waals surface area contributed by atoms with E-state index in [9.17, 15) is 0 Å². The van der Waals surface area contributed by atoms with Crippen molar-refractivity contribution in [3.8, 4) is 0 Å². The molecule has 0 N–H and O–H groups in total. The molecule has 0 unspecified atom stereocenters. The number of aromatic nitrogens is 1. The summed E-state index contributed by atoms with van der Waals surface area (Å²) < 4.78 is 0. The summed E-state index contributed by atoms with van der Waals surface area (Å²) in [4.78, 5) is 6.02. The smallest absolute Gasteiger partial charge is 0.0987 e. The van der Waals surface area contributed by atoms with Crippen LogP contribution in [0.25, 0.3) is 0 Å². The highest BCUT2D eigenvalue weighted by Gasteiger charge is 2.23. The van der Waals surface area contributed by atoms with Gasteiger partial charge in [-0.2, -0.15) is 0 Å². The number of nitrogens with zero attached hydrogens (tertiary/aromatic N) is 1. The van der Waals surface area contributed by atoms with Gasteiger partial charge in [0, 0.05) is 10.3 Å². The Hall–Kier alpha value is -0.370. The van der Waals surface area contributed by atoms with Crippen molar-refractivity contribution in [2.45, 2.75) is 59.3 Å². The Kier molecular flexibility index (Phi) is 3.71. The van der Waals surface area contributed by atoms with E-state index in [2.05, 4.69) is 39.6 Å². The van der Waals surface area contributed by atoms with Gasteiger partial charge in [0.15, 0.2) is 0 Å². The second kappa shape index (κ2) is 4.43. The Bertz CT molecular complexity index is 280. The first-order valence-electron chi connectivity index (χ1n) is 5.42. The highest BCUT2D eigenvalue weighted by Crippen LogP contribution is 2.33. The maximum Gasteiger partial charge on any atom is 0.0987 e. The molecule has 0 bridgehead atoms. The second-order valence-electron chi connectivity index (χ2n) is 4.65. The summed E-state index contributed by atoms with van der Waals surface area (Å²) in [5.74, 6) is 0. The molecule has 0 atom stereocenters. The molecule has 1 rings (SSSR count). The van der Waals surface area contributed by atoms with E-state index < -0.39 is 0 Å². The largest absolute Gasteiger partial charge is 0.246 e. The van der Waals surface area contributed by atoms with E-state index in [0.29, 0.717) is 0 Å². The van der Waals surface area contributed by atoms with Crippen LogP contribution in [0.4, 0.5) is 0 Å². The van der Waals surface area contributed by atoms with E-state index >= 15 is 0 Å². The monoisotopic (exact) mass is 211 g/mol. The lowest BCUT2D eigenvalue weighted by Crippen LogP contribution is -2.16. The summed E-state index contributed by atoms with van der Waals surface area (Å²) in [5.41, 5.74) is 1.47. The van der Waals surface area contributed by atoms with Crippen LogP contribution in [0.15, 0.2) is 0 Å². The third-order valence-corrected chi connectivity index (χ3v) is 4.20. The zero-order chi connectivity index (χ0) is 10.8. The van der Waals surface area contributed by atoms with Crippen molar-refractivity contribution < 1.29 is 0 Å². The van der Waals surface area contributed by atoms with Crippen LogP contribution >= 0.6 is 11.3 Å². The lowest BCUT2D eigenvalue weighted by molar-refractivity contribution is 0.455. The summed E-state index contributed by atoms with van der Waals surface area (Å²) in [6.07, 6.45) is 3.81. The number of unbranched alkanes of at least 4 members (excludes halogenated alkanes) is 1. The summed E-state index contributed by atoms with van der Waals surface area (Å²) in [6.45, 7) is 11.1. The molecule has 1 nitrogen and oxygen atoms in total. The van der Waals surface area contributed by atoms with Crippen molar-refractivity contribution in [1.82, 2.24) is 4.98 Å². The fourth-order valence-electron chi connectivity index (χ4n) is 1.49. The van der Waals surface area contributed by atoms with E-state index in [1.807, 2.05) is 11.3 Å². The Morgan fingerprint density at radius 2 is 1.93 bits per heavy atom. The first-order valence-corrected chi connectivity index (χ1v) is 6.23. The number of thiazole rings is 1. The summed E-state index contributed by atoms with van der Waals surface area (Å²) in [5, 5.41) is 1.31. The number of hydrogen-bond acceptors (Lipinski definition) is 2. The van der Waals surface area contributed by atoms with Gasteiger partial charge in [0.25, 0.3) is 0 Å². The zero-order valence-electron chi connectivity index (χ0n) is 9.98. The van der Waals surface area contributed by atoms with Gasteiger partial charge in [0.05, 0.1) is 10.7 Å². The van der Waals surface area contributed by atoms with Crippen LogP contribution in [0.2, 0.25) is 0 Å². The molecule has 14 heavy (non-hydrogen) atoms. The molecule has 0 amide bonds. The van der Waals surface area contributed by atoms with Crippen LogP contribution in [-0.2, 0) is 5.41 Å². The van der Waals surface area contributed by atoms with Gasteiger partial charge in [-0.25, -0.2) is 4.98 Å². The maximum atomic E-state index is 4.65. The molecule has 1 aromatic rings. The molecule has 0 aromatic carbocycles. The van der Waals surface area contributed by atoms with Crippen LogP contribution < -0.4 is 0 Å². The minimum atomic E-state index is 0.264. The molecule has 0 saturated heterocycles. The standard InChI is InChI=1S/C12H21NS/c1-6-7-8-12(4,5)11-13-9(2)10(3)14-11/h6-8H2,1-5H3. The van der Waals surface area contributed by atoms with Crippen LogP contribution in [0, 0.1) is 13.8 Å². The number of aryl methyl sites for hydroxylation is 2. The normalized spacial score (nSPS) is 12.1. The molecule has 0 aliphatic rings. The Morgan fingerprint density at radius 1 is 1.29 bits per heavy atom. The highest BCUT2D eigenvalue weighted by atomic mass is 32.1. The third kappa shape index (κ3) is 2.57. The van der Waals surface area contributed by atoms with Crippen LogP contribution in [0.3, 0.4) is 0 Å². The minimum Gasteiger partial charge on any atom is -0.246 e. The van der Waals surface area contributed by atoms with E-state index in [4.69, 9.17) is 0 Å². The summed E-state index contributed by atoms with van der Waals surface area (Å²) >= 11 is 1.86. The van der Waals surface area contributed by atoms with Crippen LogP contribution in [0.5, 0.6) is 0 Å². The molecule has 2 heteroatoms. The second-order valence-corrected chi connectivity index (χ2v) is 5.85. The molecule has 1 heterocycles. The predicted molar refractivity (Wildman–Crippen MR) is 64.1 cm³/mol. The van der Waals surface area contributed by atoms with E-state index in [1.165, 1.54) is 34.8 Å².